The quantitative estimate of drug-likeness (QED) is 0.529. The van der Waals surface area contributed by atoms with Gasteiger partial charge in [0.15, 0.2) is 0 Å². The summed E-state index contributed by atoms with van der Waals surface area (Å²) >= 11 is 5.72. The van der Waals surface area contributed by atoms with E-state index in [0.29, 0.717) is 11.3 Å². The number of aromatic nitrogens is 1. The van der Waals surface area contributed by atoms with E-state index in [1.165, 1.54) is 36.5 Å². The van der Waals surface area contributed by atoms with Gasteiger partial charge in [-0.15, -0.1) is 0 Å². The number of pyridine rings is 1. The van der Waals surface area contributed by atoms with Crippen molar-refractivity contribution in [1.82, 2.24) is 4.98 Å². The number of aryl methyl sites for hydroxylation is 1. The van der Waals surface area contributed by atoms with Gasteiger partial charge < -0.3 is 10.6 Å². The summed E-state index contributed by atoms with van der Waals surface area (Å²) in [6, 6.07) is 11.8. The lowest BCUT2D eigenvalue weighted by molar-refractivity contribution is -0.137. The molecule has 2 aromatic carbocycles. The van der Waals surface area contributed by atoms with Gasteiger partial charge in [0.25, 0.3) is 11.8 Å². The van der Waals surface area contributed by atoms with Crippen LogP contribution in [0.3, 0.4) is 0 Å². The Morgan fingerprint density at radius 2 is 1.67 bits per heavy atom. The van der Waals surface area contributed by atoms with Crippen molar-refractivity contribution in [3.8, 4) is 0 Å². The first-order valence-corrected chi connectivity index (χ1v) is 9.03. The number of carbonyl (C=O) groups excluding carboxylic acids is 2. The molecule has 2 amide bonds. The Morgan fingerprint density at radius 1 is 0.933 bits per heavy atom. The average molecular weight is 434 g/mol. The zero-order chi connectivity index (χ0) is 21.9. The zero-order valence-electron chi connectivity index (χ0n) is 15.5. The first-order chi connectivity index (χ1) is 14.1. The highest BCUT2D eigenvalue weighted by Crippen LogP contribution is 2.30. The van der Waals surface area contributed by atoms with E-state index < -0.39 is 23.6 Å². The summed E-state index contributed by atoms with van der Waals surface area (Å²) in [5, 5.41) is 5.34. The topological polar surface area (TPSA) is 71.1 Å². The fourth-order valence-electron chi connectivity index (χ4n) is 2.63. The summed E-state index contributed by atoms with van der Waals surface area (Å²) in [5.41, 5.74) is 0.515. The number of benzene rings is 2. The van der Waals surface area contributed by atoms with Gasteiger partial charge >= 0.3 is 6.18 Å². The van der Waals surface area contributed by atoms with Crippen LogP contribution in [0.2, 0.25) is 5.15 Å². The van der Waals surface area contributed by atoms with Crippen LogP contribution in [-0.2, 0) is 6.18 Å². The summed E-state index contributed by atoms with van der Waals surface area (Å²) in [7, 11) is 0. The molecule has 2 N–H and O–H groups in total. The largest absolute Gasteiger partial charge is 0.416 e. The fourth-order valence-corrected chi connectivity index (χ4v) is 2.74. The highest BCUT2D eigenvalue weighted by molar-refractivity contribution is 6.29. The molecule has 1 aromatic heterocycles. The van der Waals surface area contributed by atoms with Gasteiger partial charge in [0.2, 0.25) is 0 Å². The Hall–Kier alpha value is -3.39. The number of hydrogen-bond donors (Lipinski definition) is 2. The molecule has 0 aliphatic rings. The smallest absolute Gasteiger partial charge is 0.322 e. The maximum atomic E-state index is 12.8. The molecule has 0 bridgehead atoms. The number of hydrogen-bond acceptors (Lipinski definition) is 3. The van der Waals surface area contributed by atoms with E-state index in [1.54, 1.807) is 19.1 Å². The molecule has 0 atom stereocenters. The summed E-state index contributed by atoms with van der Waals surface area (Å²) < 4.78 is 38.5. The van der Waals surface area contributed by atoms with Crippen molar-refractivity contribution in [3.63, 3.8) is 0 Å². The molecular weight excluding hydrogens is 419 g/mol. The van der Waals surface area contributed by atoms with Gasteiger partial charge in [0.05, 0.1) is 17.4 Å². The van der Waals surface area contributed by atoms with Crippen LogP contribution in [0.1, 0.15) is 31.8 Å². The van der Waals surface area contributed by atoms with E-state index in [1.807, 2.05) is 0 Å². The SMILES string of the molecule is Cc1ccc(C(=O)Nc2cccc(C(F)(F)F)c2)cc1C(=O)Nc1ccc(Cl)nc1. The Balaban J connectivity index is 1.79. The van der Waals surface area contributed by atoms with Crippen LogP contribution < -0.4 is 10.6 Å². The van der Waals surface area contributed by atoms with E-state index in [2.05, 4.69) is 15.6 Å². The third-order valence-electron chi connectivity index (χ3n) is 4.18. The second-order valence-corrected chi connectivity index (χ2v) is 6.77. The van der Waals surface area contributed by atoms with E-state index in [4.69, 9.17) is 11.6 Å². The van der Waals surface area contributed by atoms with E-state index >= 15 is 0 Å². The minimum Gasteiger partial charge on any atom is -0.322 e. The Bertz CT molecular complexity index is 1100. The summed E-state index contributed by atoms with van der Waals surface area (Å²) in [6.45, 7) is 1.70. The molecule has 0 aliphatic carbocycles. The summed E-state index contributed by atoms with van der Waals surface area (Å²) in [4.78, 5) is 29.0. The minimum absolute atomic E-state index is 0.00589. The van der Waals surface area contributed by atoms with Gasteiger partial charge in [-0.3, -0.25) is 9.59 Å². The molecular formula is C21H15ClF3N3O2. The number of halogens is 4. The normalized spacial score (nSPS) is 11.1. The van der Waals surface area contributed by atoms with Crippen LogP contribution in [0, 0.1) is 6.92 Å². The fraction of sp³-hybridized carbons (Fsp3) is 0.0952. The van der Waals surface area contributed by atoms with E-state index in [9.17, 15) is 22.8 Å². The first-order valence-electron chi connectivity index (χ1n) is 8.65. The number of alkyl halides is 3. The van der Waals surface area contributed by atoms with Crippen molar-refractivity contribution in [2.45, 2.75) is 13.1 Å². The highest BCUT2D eigenvalue weighted by Gasteiger charge is 2.30. The number of anilines is 2. The molecule has 5 nitrogen and oxygen atoms in total. The highest BCUT2D eigenvalue weighted by atomic mass is 35.5. The standard InChI is InChI=1S/C21H15ClF3N3O2/c1-12-5-6-13(9-17(12)20(30)28-16-7-8-18(22)26-11-16)19(29)27-15-4-2-3-14(10-15)21(23,24)25/h2-11H,1H3,(H,27,29)(H,28,30). The van der Waals surface area contributed by atoms with Crippen LogP contribution >= 0.6 is 11.6 Å². The second-order valence-electron chi connectivity index (χ2n) is 6.39. The number of amides is 2. The maximum absolute atomic E-state index is 12.8. The molecule has 0 fully saturated rings. The van der Waals surface area contributed by atoms with Crippen molar-refractivity contribution in [2.75, 3.05) is 10.6 Å². The number of carbonyl (C=O) groups is 2. The molecule has 0 spiro atoms. The molecule has 154 valence electrons. The van der Waals surface area contributed by atoms with Crippen LogP contribution in [-0.4, -0.2) is 16.8 Å². The lowest BCUT2D eigenvalue weighted by atomic mass is 10.0. The second kappa shape index (κ2) is 8.54. The molecule has 9 heteroatoms. The van der Waals surface area contributed by atoms with Crippen molar-refractivity contribution in [1.29, 1.82) is 0 Å². The van der Waals surface area contributed by atoms with Gasteiger partial charge in [-0.1, -0.05) is 23.7 Å². The molecule has 0 unspecified atom stereocenters. The van der Waals surface area contributed by atoms with Crippen LogP contribution in [0.15, 0.2) is 60.8 Å². The number of nitrogens with one attached hydrogen (secondary N) is 2. The Kier molecular flexibility index (Phi) is 6.07. The van der Waals surface area contributed by atoms with Gasteiger partial charge in [-0.2, -0.15) is 13.2 Å². The average Bonchev–Trinajstić information content (AvgIpc) is 2.69. The third kappa shape index (κ3) is 5.15. The van der Waals surface area contributed by atoms with Crippen LogP contribution in [0.25, 0.3) is 0 Å². The summed E-state index contributed by atoms with van der Waals surface area (Å²) in [5.74, 6) is -1.11. The summed E-state index contributed by atoms with van der Waals surface area (Å²) in [6.07, 6.45) is -3.13. The molecule has 1 heterocycles. The molecule has 3 aromatic rings. The lowest BCUT2D eigenvalue weighted by Crippen LogP contribution is -2.17. The Morgan fingerprint density at radius 3 is 2.33 bits per heavy atom. The molecule has 0 saturated heterocycles. The molecule has 30 heavy (non-hydrogen) atoms. The molecule has 0 saturated carbocycles. The predicted octanol–water partition coefficient (Wildman–Crippen LogP) is 5.57. The zero-order valence-corrected chi connectivity index (χ0v) is 16.3. The van der Waals surface area contributed by atoms with E-state index in [0.717, 1.165) is 12.1 Å². The van der Waals surface area contributed by atoms with Gasteiger partial charge in [0, 0.05) is 16.8 Å². The molecule has 3 rings (SSSR count). The maximum Gasteiger partial charge on any atom is 0.416 e. The van der Waals surface area contributed by atoms with Gasteiger partial charge in [-0.25, -0.2) is 4.98 Å². The minimum atomic E-state index is -4.52. The monoisotopic (exact) mass is 433 g/mol. The van der Waals surface area contributed by atoms with Crippen molar-refractivity contribution in [3.05, 3.63) is 88.2 Å². The van der Waals surface area contributed by atoms with E-state index in [-0.39, 0.29) is 22.0 Å². The van der Waals surface area contributed by atoms with Crippen LogP contribution in [0.4, 0.5) is 24.5 Å². The lowest BCUT2D eigenvalue weighted by Gasteiger charge is -2.12. The van der Waals surface area contributed by atoms with Crippen LogP contribution in [0.5, 0.6) is 0 Å². The van der Waals surface area contributed by atoms with Crippen molar-refractivity contribution in [2.24, 2.45) is 0 Å². The van der Waals surface area contributed by atoms with Gasteiger partial charge in [-0.05, 0) is 55.0 Å². The van der Waals surface area contributed by atoms with Gasteiger partial charge in [0.1, 0.15) is 5.15 Å². The Labute approximate surface area is 174 Å². The predicted molar refractivity (Wildman–Crippen MR) is 108 cm³/mol. The number of rotatable bonds is 4. The molecule has 0 radical (unpaired) electrons. The molecule has 0 aliphatic heterocycles. The first kappa shape index (κ1) is 21.3. The third-order valence-corrected chi connectivity index (χ3v) is 4.40. The van der Waals surface area contributed by atoms with Crippen molar-refractivity contribution >= 4 is 34.8 Å². The van der Waals surface area contributed by atoms with Crippen molar-refractivity contribution < 1.29 is 22.8 Å². The number of nitrogens with zero attached hydrogens (tertiary/aromatic N) is 1.